The molecule has 7 heterocycles. The Morgan fingerprint density at radius 3 is 1.41 bits per heavy atom. The average Bonchev–Trinajstić information content (AvgIpc) is 1.65. The normalized spacial score (nSPS) is 28.0. The highest BCUT2D eigenvalue weighted by Crippen LogP contribution is 2.50. The zero-order valence-electron chi connectivity index (χ0n) is 72.3. The van der Waals surface area contributed by atoms with Gasteiger partial charge in [-0.1, -0.05) is 0 Å². The Labute approximate surface area is 737 Å². The van der Waals surface area contributed by atoms with E-state index in [9.17, 15) is 118 Å². The van der Waals surface area contributed by atoms with Crippen molar-refractivity contribution in [3.8, 4) is 0 Å². The molecule has 0 aliphatic carbocycles. The third-order valence-corrected chi connectivity index (χ3v) is 23.4. The highest BCUT2D eigenvalue weighted by molar-refractivity contribution is 7.51. The maximum atomic E-state index is 14.6. The predicted molar refractivity (Wildman–Crippen MR) is 437 cm³/mol. The number of Topliss-reactive ketones (excluding diaryl/α,β-unsaturated/α-hetero) is 6. The second-order valence-corrected chi connectivity index (χ2v) is 35.5. The fourth-order valence-electron chi connectivity index (χ4n) is 15.0. The Kier molecular flexibility index (Phi) is 45.5. The number of aliphatic hydroxyl groups excluding tert-OH is 9. The first-order chi connectivity index (χ1) is 60.8. The fourth-order valence-corrected chi connectivity index (χ4v) is 16.4. The monoisotopic (exact) mass is 1870 g/mol. The van der Waals surface area contributed by atoms with Gasteiger partial charge in [-0.25, -0.2) is 19.5 Å². The van der Waals surface area contributed by atoms with Crippen LogP contribution in [0.25, 0.3) is 11.2 Å². The van der Waals surface area contributed by atoms with E-state index in [1.807, 2.05) is 0 Å². The highest BCUT2D eigenvalue weighted by atomic mass is 31.2. The molecule has 0 aromatic carbocycles. The van der Waals surface area contributed by atoms with E-state index in [0.29, 0.717) is 12.8 Å². The molecule has 8 unspecified atom stereocenters. The number of nitrogens with one attached hydrogen (secondary N) is 4. The van der Waals surface area contributed by atoms with Crippen LogP contribution in [0, 0.1) is 5.41 Å². The van der Waals surface area contributed by atoms with Crippen molar-refractivity contribution in [2.75, 3.05) is 125 Å². The fraction of sp³-hybridized carbons (Fsp3) is 0.795. The number of phosphoric acid groups is 1. The summed E-state index contributed by atoms with van der Waals surface area (Å²) in [6, 6.07) is -4.64. The number of fused-ring (bicyclic) bond motifs is 1. The lowest BCUT2D eigenvalue weighted by molar-refractivity contribution is -0.269. The second kappa shape index (κ2) is 53.8. The van der Waals surface area contributed by atoms with Gasteiger partial charge in [0, 0.05) is 149 Å². The number of hydrogen-bond donors (Lipinski definition) is 16. The lowest BCUT2D eigenvalue weighted by atomic mass is 9.84. The number of nitrogen functional groups attached to an aromatic ring is 1. The van der Waals surface area contributed by atoms with Crippen LogP contribution < -0.4 is 27.0 Å². The molecule has 726 valence electrons. The van der Waals surface area contributed by atoms with Gasteiger partial charge in [0.1, 0.15) is 138 Å². The Hall–Kier alpha value is -6.82. The highest BCUT2D eigenvalue weighted by Gasteiger charge is 2.50. The van der Waals surface area contributed by atoms with E-state index in [1.54, 1.807) is 0 Å². The van der Waals surface area contributed by atoms with Gasteiger partial charge in [-0.2, -0.15) is 0 Å². The molecule has 5 aliphatic rings. The van der Waals surface area contributed by atoms with Crippen molar-refractivity contribution in [1.29, 1.82) is 0 Å². The number of unbranched alkanes of at least 4 members (excludes halogenated alkanes) is 1. The van der Waals surface area contributed by atoms with E-state index in [0.717, 1.165) is 20.5 Å². The van der Waals surface area contributed by atoms with Crippen LogP contribution in [0.4, 0.5) is 5.82 Å². The molecule has 17 N–H and O–H groups in total. The van der Waals surface area contributed by atoms with Crippen molar-refractivity contribution < 1.29 is 183 Å². The van der Waals surface area contributed by atoms with Crippen molar-refractivity contribution in [1.82, 2.24) is 45.7 Å². The number of carbonyl (C=O) groups excluding carboxylic acids is 11. The predicted octanol–water partition coefficient (Wildman–Crippen LogP) is -3.88. The van der Waals surface area contributed by atoms with Crippen LogP contribution in [0.3, 0.4) is 0 Å². The van der Waals surface area contributed by atoms with Gasteiger partial charge in [0.05, 0.1) is 111 Å². The number of nitrogens with zero attached hydrogens (tertiary/aromatic N) is 5. The van der Waals surface area contributed by atoms with E-state index >= 15 is 0 Å². The standard InChI is InChI=1S/C78H126N10O38P2/c1-44(92)84-63-70(106)67(103)56(34-89)123-75(63)117-27-19-48(95)10-6-7-23-80-60(101)22-26-116-41-78(39-114-24-17-49(96)11-8-13-51(98)20-28-118-76-64(85-45(2)93)71(107)68(104)57(35-90)124-76,40-115-25-18-50(97)12-9-14-52(99)21-29-119-77-65(86-46(3)94)72(108)69(105)58(36-91)125-77)32-53(100)15-16-61(102)87-33-54(113-4)30-47(87)37-121-128(111,112)126-55-31-62(122-59(55)38-120-127(5,109)110)88-43-83-66-73(79)81-42-82-74(66)88/h42-43,47,54-59,62-65,67-72,75-77,89-91,103-108H,6-41H2,1-5H3,(H,80,101)(H,84,92)(H,85,93)(H,86,94)(H,109,110)(H,111,112)(H2,79,81,82)/t47-,54+,55-,56?,57?,58?,59+,62+,63?,64?,65?,67-,68-,69-,70+,71+,72+,75+,76+,77+,78?/m0/s1. The minimum atomic E-state index is -5.11. The van der Waals surface area contributed by atoms with E-state index in [1.165, 1.54) is 36.2 Å². The third-order valence-electron chi connectivity index (χ3n) is 21.8. The molecule has 0 bridgehead atoms. The number of ether oxygens (including phenoxy) is 11. The van der Waals surface area contributed by atoms with Crippen LogP contribution in [-0.4, -0.2) is 380 Å². The first kappa shape index (κ1) is 108. The van der Waals surface area contributed by atoms with Crippen LogP contribution in [0.15, 0.2) is 12.7 Å². The average molecular weight is 1870 g/mol. The summed E-state index contributed by atoms with van der Waals surface area (Å²) in [5, 5.41) is 102. The molecule has 5 aliphatic heterocycles. The Morgan fingerprint density at radius 2 is 0.969 bits per heavy atom. The number of methoxy groups -OCH3 is 1. The van der Waals surface area contributed by atoms with Crippen molar-refractivity contribution in [2.24, 2.45) is 5.41 Å². The van der Waals surface area contributed by atoms with Crippen molar-refractivity contribution in [3.63, 3.8) is 0 Å². The largest absolute Gasteiger partial charge is 0.472 e. The number of likely N-dealkylation sites (tertiary alicyclic amines) is 1. The van der Waals surface area contributed by atoms with E-state index in [2.05, 4.69) is 36.2 Å². The molecule has 2 aromatic heterocycles. The first-order valence-electron chi connectivity index (χ1n) is 42.4. The summed E-state index contributed by atoms with van der Waals surface area (Å²) in [4.78, 5) is 179. The molecule has 0 radical (unpaired) electrons. The summed E-state index contributed by atoms with van der Waals surface area (Å²) in [5.41, 5.74) is 4.93. The number of ketones is 6. The molecule has 5 amide bonds. The molecule has 7 rings (SSSR count). The number of hydrogen-bond acceptors (Lipinski definition) is 40. The first-order valence-corrected chi connectivity index (χ1v) is 45.9. The summed E-state index contributed by atoms with van der Waals surface area (Å²) in [7, 11) is -7.86. The van der Waals surface area contributed by atoms with Crippen LogP contribution in [0.1, 0.15) is 155 Å². The zero-order valence-corrected chi connectivity index (χ0v) is 74.1. The minimum Gasteiger partial charge on any atom is -0.394 e. The number of rotatable bonds is 61. The van der Waals surface area contributed by atoms with Crippen molar-refractivity contribution >= 4 is 96.6 Å². The molecule has 5 saturated heterocycles. The molecule has 50 heteroatoms. The van der Waals surface area contributed by atoms with Gasteiger partial charge in [-0.15, -0.1) is 0 Å². The van der Waals surface area contributed by atoms with Gasteiger partial charge in [0.15, 0.2) is 30.3 Å². The molecule has 128 heavy (non-hydrogen) atoms. The maximum absolute atomic E-state index is 14.6. The van der Waals surface area contributed by atoms with Gasteiger partial charge in [-0.05, 0) is 32.1 Å². The van der Waals surface area contributed by atoms with Crippen LogP contribution in [0.5, 0.6) is 0 Å². The quantitative estimate of drug-likeness (QED) is 0.0222. The van der Waals surface area contributed by atoms with E-state index in [4.69, 9.17) is 71.4 Å². The molecule has 22 atom stereocenters. The second-order valence-electron chi connectivity index (χ2n) is 32.2. The molecule has 0 spiro atoms. The number of anilines is 1. The lowest BCUT2D eigenvalue weighted by Crippen LogP contribution is -2.64. The smallest absolute Gasteiger partial charge is 0.394 e. The van der Waals surface area contributed by atoms with Gasteiger partial charge in [0.25, 0.3) is 0 Å². The number of nitrogens with two attached hydrogens (primary N) is 1. The third kappa shape index (κ3) is 35.3. The minimum absolute atomic E-state index is 0.0511. The molecular formula is C78H126N10O38P2. The summed E-state index contributed by atoms with van der Waals surface area (Å²) in [6.07, 6.45) is -20.8. The maximum Gasteiger partial charge on any atom is 0.472 e. The molecule has 2 aromatic rings. The molecule has 5 fully saturated rings. The number of amides is 5. The summed E-state index contributed by atoms with van der Waals surface area (Å²) in [5.74, 6) is -4.90. The lowest BCUT2D eigenvalue weighted by Gasteiger charge is -2.42. The Balaban J connectivity index is 0.998. The van der Waals surface area contributed by atoms with Crippen LogP contribution in [0.2, 0.25) is 0 Å². The number of aromatic nitrogens is 4. The SMILES string of the molecule is CO[C@@H]1C[C@@H](COP(=O)(O)O[C@H]2C[C@H](n3cnc4c(N)ncnc43)O[C@@H]2COP(C)(=O)O)N(C(=O)CCC(=O)CC(COCCC(=O)CCCC(=O)CCO[C@@H]2OC(CO)[C@H](O)[C@H](O)C2NC(C)=O)(COCCC(=O)CCCC(=O)CCO[C@@H]2OC(CO)[C@H](O)[C@H](O)C2NC(C)=O)COCCC(=O)NCCCCC(=O)CCO[C@@H]2OC(CO)[C@H](O)[C@H](O)C2NC(C)=O)C1. The number of phosphoric ester groups is 1. The number of aliphatic hydroxyl groups is 9. The topological polar surface area (TPSA) is 695 Å². The Morgan fingerprint density at radius 1 is 0.523 bits per heavy atom. The van der Waals surface area contributed by atoms with Crippen molar-refractivity contribution in [2.45, 2.75) is 272 Å². The number of carbonyl (C=O) groups is 11. The molecule has 0 saturated carbocycles. The van der Waals surface area contributed by atoms with Gasteiger partial charge in [-0.3, -0.25) is 70.9 Å². The molecule has 48 nitrogen and oxygen atoms in total. The number of imidazole rings is 1. The van der Waals surface area contributed by atoms with Crippen molar-refractivity contribution in [3.05, 3.63) is 12.7 Å². The van der Waals surface area contributed by atoms with E-state index < -0.39 is 231 Å². The summed E-state index contributed by atoms with van der Waals surface area (Å²) in [6.45, 7) is -1.41. The van der Waals surface area contributed by atoms with Crippen LogP contribution >= 0.6 is 15.4 Å². The zero-order chi connectivity index (χ0) is 94.0. The van der Waals surface area contributed by atoms with Gasteiger partial charge < -0.3 is 144 Å². The van der Waals surface area contributed by atoms with Gasteiger partial charge in [0.2, 0.25) is 29.5 Å². The molecular weight excluding hydrogens is 1750 g/mol. The Bertz CT molecular complexity index is 3930. The van der Waals surface area contributed by atoms with Gasteiger partial charge >= 0.3 is 15.4 Å². The van der Waals surface area contributed by atoms with Crippen LogP contribution in [-0.2, 0) is 128 Å². The van der Waals surface area contributed by atoms with E-state index in [-0.39, 0.29) is 215 Å². The summed E-state index contributed by atoms with van der Waals surface area (Å²) >= 11 is 0. The summed E-state index contributed by atoms with van der Waals surface area (Å²) < 4.78 is 108.